The Morgan fingerprint density at radius 2 is 1.38 bits per heavy atom. The molecule has 0 saturated heterocycles. The molecule has 1 aromatic carbocycles. The molecule has 1 rings (SSSR count). The summed E-state index contributed by atoms with van der Waals surface area (Å²) in [5.74, 6) is 0.238. The molecule has 0 amide bonds. The van der Waals surface area contributed by atoms with Crippen molar-refractivity contribution in [3.05, 3.63) is 35.4 Å². The van der Waals surface area contributed by atoms with Gasteiger partial charge < -0.3 is 0 Å². The topological polar surface area (TPSA) is 34.1 Å². The Bertz CT molecular complexity index is 347. The molecule has 0 spiro atoms. The fraction of sp³-hybridized carbons (Fsp3) is 0.429. The molecule has 2 heteroatoms. The Morgan fingerprint density at radius 3 is 1.75 bits per heavy atom. The molecule has 0 saturated carbocycles. The Hall–Kier alpha value is -1.44. The second-order valence-electron chi connectivity index (χ2n) is 3.93. The van der Waals surface area contributed by atoms with Crippen LogP contribution < -0.4 is 0 Å². The number of ketones is 2. The van der Waals surface area contributed by atoms with E-state index in [2.05, 4.69) is 0 Å². The van der Waals surface area contributed by atoms with Gasteiger partial charge in [0.25, 0.3) is 0 Å². The average Bonchev–Trinajstić information content (AvgIpc) is 2.30. The lowest BCUT2D eigenvalue weighted by Crippen LogP contribution is -2.03. The van der Waals surface area contributed by atoms with Gasteiger partial charge in [-0.3, -0.25) is 9.59 Å². The third-order valence-corrected chi connectivity index (χ3v) is 2.46. The first kappa shape index (κ1) is 12.6. The minimum atomic E-state index is 0.119. The highest BCUT2D eigenvalue weighted by Crippen LogP contribution is 2.11. The predicted octanol–water partition coefficient (Wildman–Crippen LogP) is 3.65. The highest BCUT2D eigenvalue weighted by molar-refractivity contribution is 6.01. The highest BCUT2D eigenvalue weighted by Gasteiger charge is 2.08. The van der Waals surface area contributed by atoms with Gasteiger partial charge in [-0.05, 0) is 18.9 Å². The van der Waals surface area contributed by atoms with Gasteiger partial charge in [-0.25, -0.2) is 0 Å². The average molecular weight is 218 g/mol. The van der Waals surface area contributed by atoms with Crippen LogP contribution in [0.15, 0.2) is 24.3 Å². The quantitative estimate of drug-likeness (QED) is 0.683. The number of hydrogen-bond acceptors (Lipinski definition) is 2. The highest BCUT2D eigenvalue weighted by atomic mass is 16.1. The van der Waals surface area contributed by atoms with Crippen LogP contribution in [0.2, 0.25) is 0 Å². The van der Waals surface area contributed by atoms with Crippen LogP contribution in [-0.2, 0) is 0 Å². The van der Waals surface area contributed by atoms with E-state index in [1.165, 1.54) is 0 Å². The van der Waals surface area contributed by atoms with E-state index in [-0.39, 0.29) is 11.6 Å². The molecular weight excluding hydrogens is 200 g/mol. The monoisotopic (exact) mass is 218 g/mol. The van der Waals surface area contributed by atoms with Crippen molar-refractivity contribution in [1.82, 2.24) is 0 Å². The zero-order valence-corrected chi connectivity index (χ0v) is 9.95. The van der Waals surface area contributed by atoms with E-state index < -0.39 is 0 Å². The summed E-state index contributed by atoms with van der Waals surface area (Å²) >= 11 is 0. The molecule has 0 heterocycles. The molecule has 0 N–H and O–H groups in total. The van der Waals surface area contributed by atoms with Gasteiger partial charge in [-0.1, -0.05) is 32.0 Å². The van der Waals surface area contributed by atoms with Gasteiger partial charge in [-0.2, -0.15) is 0 Å². The third kappa shape index (κ3) is 3.30. The maximum atomic E-state index is 11.7. The van der Waals surface area contributed by atoms with Crippen molar-refractivity contribution in [2.75, 3.05) is 0 Å². The van der Waals surface area contributed by atoms with Crippen LogP contribution in [0.1, 0.15) is 60.2 Å². The third-order valence-electron chi connectivity index (χ3n) is 2.46. The lowest BCUT2D eigenvalue weighted by Gasteiger charge is -2.03. The largest absolute Gasteiger partial charge is 0.294 e. The number of rotatable bonds is 6. The molecule has 0 aliphatic heterocycles. The van der Waals surface area contributed by atoms with Crippen LogP contribution in [0.5, 0.6) is 0 Å². The minimum absolute atomic E-state index is 0.119. The number of benzene rings is 1. The fourth-order valence-corrected chi connectivity index (χ4v) is 1.61. The molecule has 2 nitrogen and oxygen atoms in total. The van der Waals surface area contributed by atoms with E-state index in [1.54, 1.807) is 24.3 Å². The van der Waals surface area contributed by atoms with Crippen LogP contribution in [0.4, 0.5) is 0 Å². The van der Waals surface area contributed by atoms with Gasteiger partial charge in [0, 0.05) is 24.0 Å². The van der Waals surface area contributed by atoms with Crippen molar-refractivity contribution >= 4 is 11.6 Å². The van der Waals surface area contributed by atoms with Gasteiger partial charge in [0.2, 0.25) is 0 Å². The summed E-state index contributed by atoms with van der Waals surface area (Å²) in [6.07, 6.45) is 2.77. The van der Waals surface area contributed by atoms with Crippen LogP contribution in [0, 0.1) is 0 Å². The number of carbonyl (C=O) groups excluding carboxylic acids is 2. The SMILES string of the molecule is CCCC(=O)c1cccc(C(=O)CCC)c1. The van der Waals surface area contributed by atoms with E-state index in [1.807, 2.05) is 13.8 Å². The van der Waals surface area contributed by atoms with Crippen LogP contribution >= 0.6 is 0 Å². The molecule has 0 aliphatic carbocycles. The van der Waals surface area contributed by atoms with Crippen molar-refractivity contribution in [3.63, 3.8) is 0 Å². The summed E-state index contributed by atoms with van der Waals surface area (Å²) in [6, 6.07) is 7.06. The van der Waals surface area contributed by atoms with Gasteiger partial charge in [0.05, 0.1) is 0 Å². The fourth-order valence-electron chi connectivity index (χ4n) is 1.61. The molecule has 86 valence electrons. The van der Waals surface area contributed by atoms with Crippen molar-refractivity contribution < 1.29 is 9.59 Å². The van der Waals surface area contributed by atoms with Gasteiger partial charge in [0.1, 0.15) is 0 Å². The number of hydrogen-bond donors (Lipinski definition) is 0. The second-order valence-corrected chi connectivity index (χ2v) is 3.93. The van der Waals surface area contributed by atoms with Crippen LogP contribution in [0.3, 0.4) is 0 Å². The minimum Gasteiger partial charge on any atom is -0.294 e. The first-order chi connectivity index (χ1) is 7.69. The second kappa shape index (κ2) is 6.21. The molecule has 0 radical (unpaired) electrons. The van der Waals surface area contributed by atoms with Gasteiger partial charge in [-0.15, -0.1) is 0 Å². The molecule has 1 aromatic rings. The van der Waals surface area contributed by atoms with E-state index in [4.69, 9.17) is 0 Å². The van der Waals surface area contributed by atoms with Crippen LogP contribution in [-0.4, -0.2) is 11.6 Å². The normalized spacial score (nSPS) is 10.1. The lowest BCUT2D eigenvalue weighted by atomic mass is 10.0. The number of carbonyl (C=O) groups is 2. The maximum Gasteiger partial charge on any atom is 0.162 e. The summed E-state index contributed by atoms with van der Waals surface area (Å²) in [7, 11) is 0. The summed E-state index contributed by atoms with van der Waals surface area (Å²) in [5, 5.41) is 0. The molecule has 0 unspecified atom stereocenters. The summed E-state index contributed by atoms with van der Waals surface area (Å²) in [6.45, 7) is 3.95. The summed E-state index contributed by atoms with van der Waals surface area (Å²) in [5.41, 5.74) is 1.31. The molecule has 16 heavy (non-hydrogen) atoms. The van der Waals surface area contributed by atoms with E-state index in [0.29, 0.717) is 24.0 Å². The molecule has 0 fully saturated rings. The molecule has 0 bridgehead atoms. The Morgan fingerprint density at radius 1 is 0.938 bits per heavy atom. The van der Waals surface area contributed by atoms with Crippen LogP contribution in [0.25, 0.3) is 0 Å². The summed E-state index contributed by atoms with van der Waals surface area (Å²) in [4.78, 5) is 23.3. The van der Waals surface area contributed by atoms with E-state index in [0.717, 1.165) is 12.8 Å². The van der Waals surface area contributed by atoms with Crippen molar-refractivity contribution in [1.29, 1.82) is 0 Å². The Labute approximate surface area is 96.7 Å². The first-order valence-electron chi connectivity index (χ1n) is 5.85. The smallest absolute Gasteiger partial charge is 0.162 e. The van der Waals surface area contributed by atoms with E-state index >= 15 is 0 Å². The number of Topliss-reactive ketones (excluding diaryl/α,β-unsaturated/α-hetero) is 2. The predicted molar refractivity (Wildman–Crippen MR) is 64.9 cm³/mol. The zero-order valence-electron chi connectivity index (χ0n) is 9.95. The summed E-state index contributed by atoms with van der Waals surface area (Å²) < 4.78 is 0. The van der Waals surface area contributed by atoms with E-state index in [9.17, 15) is 9.59 Å². The molecule has 0 aliphatic rings. The van der Waals surface area contributed by atoms with Gasteiger partial charge in [0.15, 0.2) is 11.6 Å². The standard InChI is InChI=1S/C14H18O2/c1-3-6-13(15)11-8-5-9-12(10-11)14(16)7-4-2/h5,8-10H,3-4,6-7H2,1-2H3. The Kier molecular flexibility index (Phi) is 4.90. The molecule has 0 atom stereocenters. The first-order valence-corrected chi connectivity index (χ1v) is 5.85. The molecular formula is C14H18O2. The van der Waals surface area contributed by atoms with Crippen molar-refractivity contribution in [2.45, 2.75) is 39.5 Å². The Balaban J connectivity index is 2.86. The molecule has 0 aromatic heterocycles. The van der Waals surface area contributed by atoms with Crippen molar-refractivity contribution in [2.24, 2.45) is 0 Å². The lowest BCUT2D eigenvalue weighted by molar-refractivity contribution is 0.0981. The van der Waals surface area contributed by atoms with Gasteiger partial charge >= 0.3 is 0 Å². The van der Waals surface area contributed by atoms with Crippen molar-refractivity contribution in [3.8, 4) is 0 Å². The zero-order chi connectivity index (χ0) is 12.0. The maximum absolute atomic E-state index is 11.7.